The molecule has 104 valence electrons. The summed E-state index contributed by atoms with van der Waals surface area (Å²) in [6.07, 6.45) is 0. The molecule has 0 radical (unpaired) electrons. The van der Waals surface area contributed by atoms with Crippen molar-refractivity contribution in [2.45, 2.75) is 18.1 Å². The third kappa shape index (κ3) is 1.93. The fraction of sp³-hybridized carbons (Fsp3) is 0.429. The minimum Gasteiger partial charge on any atom is -0.497 e. The van der Waals surface area contributed by atoms with Gasteiger partial charge < -0.3 is 4.74 Å². The molecule has 0 aromatic heterocycles. The van der Waals surface area contributed by atoms with E-state index < -0.39 is 26.4 Å². The van der Waals surface area contributed by atoms with Crippen LogP contribution in [0.5, 0.6) is 5.75 Å². The molecule has 1 fully saturated rings. The van der Waals surface area contributed by atoms with Gasteiger partial charge in [-0.15, -0.1) is 0 Å². The summed E-state index contributed by atoms with van der Waals surface area (Å²) in [6, 6.07) is 10.6. The first-order valence-corrected chi connectivity index (χ1v) is 7.86. The zero-order valence-corrected chi connectivity index (χ0v) is 12.0. The summed E-state index contributed by atoms with van der Waals surface area (Å²) in [4.78, 5) is 0. The second kappa shape index (κ2) is 4.81. The summed E-state index contributed by atoms with van der Waals surface area (Å²) in [7, 11) is -1.91. The van der Waals surface area contributed by atoms with E-state index in [4.69, 9.17) is 4.74 Å². The van der Waals surface area contributed by atoms with Crippen molar-refractivity contribution in [3.8, 4) is 17.9 Å². The van der Waals surface area contributed by atoms with Crippen LogP contribution in [0.1, 0.15) is 18.4 Å². The smallest absolute Gasteiger partial charge is 0.169 e. The van der Waals surface area contributed by atoms with Crippen LogP contribution < -0.4 is 4.74 Å². The molecule has 1 aliphatic carbocycles. The molecule has 2 atom stereocenters. The van der Waals surface area contributed by atoms with E-state index in [0.717, 1.165) is 0 Å². The Kier molecular flexibility index (Phi) is 3.45. The van der Waals surface area contributed by atoms with Gasteiger partial charge in [0.25, 0.3) is 0 Å². The first kappa shape index (κ1) is 14.4. The van der Waals surface area contributed by atoms with Crippen LogP contribution in [0, 0.1) is 28.1 Å². The van der Waals surface area contributed by atoms with Crippen LogP contribution in [0.4, 0.5) is 0 Å². The van der Waals surface area contributed by atoms with Gasteiger partial charge in [0.2, 0.25) is 0 Å². The molecule has 0 bridgehead atoms. The predicted molar refractivity (Wildman–Crippen MR) is 72.6 cm³/mol. The van der Waals surface area contributed by atoms with E-state index in [2.05, 4.69) is 0 Å². The molecule has 0 unspecified atom stereocenters. The SMILES string of the molecule is CCS(=O)(=O)[C@@H]1[C@@H](c2ccc(OC)cc2)C1(C#N)C#N. The maximum atomic E-state index is 12.1. The fourth-order valence-corrected chi connectivity index (χ4v) is 4.45. The van der Waals surface area contributed by atoms with Crippen molar-refractivity contribution >= 4 is 9.84 Å². The van der Waals surface area contributed by atoms with E-state index in [0.29, 0.717) is 11.3 Å². The van der Waals surface area contributed by atoms with Crippen molar-refractivity contribution in [2.75, 3.05) is 12.9 Å². The summed E-state index contributed by atoms with van der Waals surface area (Å²) in [5.41, 5.74) is -0.792. The van der Waals surface area contributed by atoms with Gasteiger partial charge in [-0.3, -0.25) is 0 Å². The molecule has 1 aliphatic rings. The Morgan fingerprint density at radius 2 is 1.80 bits per heavy atom. The lowest BCUT2D eigenvalue weighted by Crippen LogP contribution is -2.15. The lowest BCUT2D eigenvalue weighted by molar-refractivity contribution is 0.414. The van der Waals surface area contributed by atoms with Crippen molar-refractivity contribution in [3.63, 3.8) is 0 Å². The Morgan fingerprint density at radius 1 is 1.25 bits per heavy atom. The van der Waals surface area contributed by atoms with Crippen LogP contribution in [-0.2, 0) is 9.84 Å². The summed E-state index contributed by atoms with van der Waals surface area (Å²) >= 11 is 0. The minimum atomic E-state index is -3.45. The Bertz CT molecular complexity index is 681. The number of hydrogen-bond donors (Lipinski definition) is 0. The summed E-state index contributed by atoms with van der Waals surface area (Å²) < 4.78 is 29.2. The zero-order valence-electron chi connectivity index (χ0n) is 11.2. The van der Waals surface area contributed by atoms with E-state index in [9.17, 15) is 18.9 Å². The molecule has 2 rings (SSSR count). The Morgan fingerprint density at radius 3 is 2.20 bits per heavy atom. The highest BCUT2D eigenvalue weighted by Gasteiger charge is 2.72. The maximum Gasteiger partial charge on any atom is 0.169 e. The van der Waals surface area contributed by atoms with Crippen molar-refractivity contribution in [1.82, 2.24) is 0 Å². The standard InChI is InChI=1S/C14H14N2O3S/c1-3-20(17,18)13-12(14(13,8-15)9-16)10-4-6-11(19-2)7-5-10/h4-7,12-13H,3H2,1-2H3/t12-,13-/m1/s1. The number of nitriles is 2. The topological polar surface area (TPSA) is 90.9 Å². The summed E-state index contributed by atoms with van der Waals surface area (Å²) in [5, 5.41) is 17.6. The van der Waals surface area contributed by atoms with E-state index >= 15 is 0 Å². The van der Waals surface area contributed by atoms with Gasteiger partial charge in [-0.25, -0.2) is 8.42 Å². The molecule has 0 N–H and O–H groups in total. The molecule has 6 heteroatoms. The average molecular weight is 290 g/mol. The molecule has 1 aromatic rings. The fourth-order valence-electron chi connectivity index (χ4n) is 2.57. The van der Waals surface area contributed by atoms with Gasteiger partial charge in [0.15, 0.2) is 15.3 Å². The van der Waals surface area contributed by atoms with Crippen LogP contribution in [0.15, 0.2) is 24.3 Å². The quantitative estimate of drug-likeness (QED) is 0.840. The van der Waals surface area contributed by atoms with Gasteiger partial charge in [-0.2, -0.15) is 10.5 Å². The van der Waals surface area contributed by atoms with Gasteiger partial charge in [0.05, 0.1) is 19.2 Å². The molecule has 20 heavy (non-hydrogen) atoms. The third-order valence-electron chi connectivity index (χ3n) is 3.77. The van der Waals surface area contributed by atoms with E-state index in [-0.39, 0.29) is 5.75 Å². The van der Waals surface area contributed by atoms with Crippen LogP contribution in [-0.4, -0.2) is 26.5 Å². The van der Waals surface area contributed by atoms with Crippen LogP contribution in [0.25, 0.3) is 0 Å². The average Bonchev–Trinajstić information content (AvgIpc) is 3.18. The van der Waals surface area contributed by atoms with E-state index in [1.54, 1.807) is 24.3 Å². The number of benzene rings is 1. The van der Waals surface area contributed by atoms with Crippen molar-refractivity contribution in [3.05, 3.63) is 29.8 Å². The molecule has 0 aliphatic heterocycles. The molecular weight excluding hydrogens is 276 g/mol. The van der Waals surface area contributed by atoms with Gasteiger partial charge in [0, 0.05) is 11.7 Å². The van der Waals surface area contributed by atoms with Gasteiger partial charge in [-0.1, -0.05) is 19.1 Å². The van der Waals surface area contributed by atoms with E-state index in [1.807, 2.05) is 12.1 Å². The number of methoxy groups -OCH3 is 1. The number of sulfone groups is 1. The molecule has 0 spiro atoms. The first-order valence-electron chi connectivity index (χ1n) is 6.15. The second-order valence-electron chi connectivity index (χ2n) is 4.72. The summed E-state index contributed by atoms with van der Waals surface area (Å²) in [5.74, 6) is -0.0210. The monoisotopic (exact) mass is 290 g/mol. The van der Waals surface area contributed by atoms with Crippen molar-refractivity contribution < 1.29 is 13.2 Å². The summed E-state index contributed by atoms with van der Waals surface area (Å²) in [6.45, 7) is 1.53. The maximum absolute atomic E-state index is 12.1. The molecule has 1 aromatic carbocycles. The number of hydrogen-bond acceptors (Lipinski definition) is 5. The lowest BCUT2D eigenvalue weighted by atomic mass is 10.0. The Hall–Kier alpha value is -2.05. The molecule has 0 amide bonds. The lowest BCUT2D eigenvalue weighted by Gasteiger charge is -2.02. The van der Waals surface area contributed by atoms with Gasteiger partial charge >= 0.3 is 0 Å². The largest absolute Gasteiger partial charge is 0.497 e. The highest BCUT2D eigenvalue weighted by Crippen LogP contribution is 2.62. The Labute approximate surface area is 118 Å². The first-order chi connectivity index (χ1) is 9.46. The van der Waals surface area contributed by atoms with E-state index in [1.165, 1.54) is 14.0 Å². The highest BCUT2D eigenvalue weighted by atomic mass is 32.2. The second-order valence-corrected chi connectivity index (χ2v) is 7.13. The number of ether oxygens (including phenoxy) is 1. The zero-order chi connectivity index (χ0) is 15.0. The highest BCUT2D eigenvalue weighted by molar-refractivity contribution is 7.92. The molecule has 0 saturated heterocycles. The Balaban J connectivity index is 2.45. The number of nitrogens with zero attached hydrogens (tertiary/aromatic N) is 2. The molecule has 1 saturated carbocycles. The minimum absolute atomic E-state index is 0.0740. The molecule has 0 heterocycles. The third-order valence-corrected chi connectivity index (χ3v) is 5.99. The van der Waals surface area contributed by atoms with Crippen LogP contribution in [0.2, 0.25) is 0 Å². The van der Waals surface area contributed by atoms with Crippen LogP contribution in [0.3, 0.4) is 0 Å². The van der Waals surface area contributed by atoms with Crippen molar-refractivity contribution in [1.29, 1.82) is 10.5 Å². The van der Waals surface area contributed by atoms with Crippen LogP contribution >= 0.6 is 0 Å². The predicted octanol–water partition coefficient (Wildman–Crippen LogP) is 1.63. The number of rotatable bonds is 4. The van der Waals surface area contributed by atoms with Gasteiger partial charge in [0.1, 0.15) is 11.0 Å². The van der Waals surface area contributed by atoms with Crippen molar-refractivity contribution in [2.24, 2.45) is 5.41 Å². The molecule has 5 nitrogen and oxygen atoms in total. The van der Waals surface area contributed by atoms with Gasteiger partial charge in [-0.05, 0) is 17.7 Å². The normalized spacial score (nSPS) is 23.4. The molecular formula is C14H14N2O3S.